The second kappa shape index (κ2) is 7.31. The summed E-state index contributed by atoms with van der Waals surface area (Å²) < 4.78 is 90.8. The number of hydrogen-bond donors (Lipinski definition) is 1. The normalized spacial score (nSPS) is 21.2. The van der Waals surface area contributed by atoms with Crippen LogP contribution in [0.1, 0.15) is 54.9 Å². The maximum Gasteiger partial charge on any atom is 0.332 e. The van der Waals surface area contributed by atoms with Crippen LogP contribution in [0.2, 0.25) is 0 Å². The van der Waals surface area contributed by atoms with Crippen LogP contribution in [0, 0.1) is 0 Å². The average Bonchev–Trinajstić information content (AvgIpc) is 3.08. The summed E-state index contributed by atoms with van der Waals surface area (Å²) >= 11 is 0. The molecule has 1 N–H and O–H groups in total. The van der Waals surface area contributed by atoms with Gasteiger partial charge in [0.05, 0.1) is 11.9 Å². The zero-order chi connectivity index (χ0) is 27.2. The van der Waals surface area contributed by atoms with Crippen molar-refractivity contribution < 1.29 is 24.9 Å². The maximum atomic E-state index is 13.1. The summed E-state index contributed by atoms with van der Waals surface area (Å²) in [6.07, 6.45) is -3.44. The quantitative estimate of drug-likeness (QED) is 0.762. The second-order valence-electron chi connectivity index (χ2n) is 5.07. The highest BCUT2D eigenvalue weighted by Crippen LogP contribution is 2.12. The maximum absolute atomic E-state index is 13.1. The van der Waals surface area contributed by atoms with E-state index in [9.17, 15) is 14.7 Å². The van der Waals surface area contributed by atoms with E-state index in [1.807, 2.05) is 0 Å². The first kappa shape index (κ1) is 8.44. The van der Waals surface area contributed by atoms with Gasteiger partial charge in [0.25, 0.3) is 5.56 Å². The van der Waals surface area contributed by atoms with Crippen molar-refractivity contribution in [2.75, 3.05) is 6.61 Å². The van der Waals surface area contributed by atoms with Crippen molar-refractivity contribution in [1.29, 1.82) is 0 Å². The average molecular weight is 349 g/mol. The van der Waals surface area contributed by atoms with Crippen molar-refractivity contribution in [3.8, 4) is 0 Å². The van der Waals surface area contributed by atoms with Gasteiger partial charge in [-0.15, -0.1) is 0 Å². The number of hydrogen-bond acceptors (Lipinski definition) is 5. The van der Waals surface area contributed by atoms with E-state index in [0.717, 1.165) is 6.33 Å². The van der Waals surface area contributed by atoms with Crippen molar-refractivity contribution in [3.63, 3.8) is 0 Å². The van der Waals surface area contributed by atoms with Gasteiger partial charge in [-0.05, 0) is 39.8 Å². The summed E-state index contributed by atoms with van der Waals surface area (Å²) in [5, 5.41) is 10.5. The van der Waals surface area contributed by atoms with Crippen LogP contribution >= 0.6 is 0 Å². The predicted octanol–water partition coefficient (Wildman–Crippen LogP) is 0.832. The van der Waals surface area contributed by atoms with Gasteiger partial charge < -0.3 is 14.4 Å². The molecule has 0 radical (unpaired) electrons. The van der Waals surface area contributed by atoms with Crippen LogP contribution < -0.4 is 11.2 Å². The van der Waals surface area contributed by atoms with Crippen molar-refractivity contribution in [2.24, 2.45) is 6.98 Å². The van der Waals surface area contributed by atoms with Crippen LogP contribution in [-0.4, -0.2) is 36.0 Å². The van der Waals surface area contributed by atoms with E-state index >= 15 is 0 Å². The van der Waals surface area contributed by atoms with Gasteiger partial charge in [-0.3, -0.25) is 13.9 Å². The van der Waals surface area contributed by atoms with Gasteiger partial charge >= 0.3 is 5.69 Å². The van der Waals surface area contributed by atoms with Crippen molar-refractivity contribution in [2.45, 2.75) is 58.7 Å². The lowest BCUT2D eigenvalue weighted by Gasteiger charge is -2.16. The first-order valence-electron chi connectivity index (χ1n) is 12.7. The number of aliphatic hydroxyl groups is 1. The molecule has 2 heterocycles. The van der Waals surface area contributed by atoms with Crippen LogP contribution in [0.25, 0.3) is 11.2 Å². The molecule has 2 rings (SSSR count). The standard InChI is InChI=1S/C16H26N4O4/c1-5-24-11-19-10-17-13-12(19)14(21)20(15(22)18(13)4)9-7-6-8-16(2,3)23/h10,23H,5-9,11H2,1-4H3/i2D3,3D3,4D3,8D2. The number of imidazole rings is 1. The molecular formula is C16H26N4O4. The Bertz CT molecular complexity index is 1160. The summed E-state index contributed by atoms with van der Waals surface area (Å²) in [4.78, 5) is 29.8. The van der Waals surface area contributed by atoms with Gasteiger partial charge in [-0.2, -0.15) is 0 Å². The molecule has 134 valence electrons. The van der Waals surface area contributed by atoms with Crippen molar-refractivity contribution in [3.05, 3.63) is 27.2 Å². The molecule has 0 spiro atoms. The molecule has 0 saturated carbocycles. The number of nitrogens with zero attached hydrogens (tertiary/aromatic N) is 4. The molecule has 0 aliphatic carbocycles. The molecule has 0 amide bonds. The van der Waals surface area contributed by atoms with Crippen molar-refractivity contribution >= 4 is 11.2 Å². The van der Waals surface area contributed by atoms with Gasteiger partial charge in [0, 0.05) is 35.2 Å². The second-order valence-corrected chi connectivity index (χ2v) is 5.07. The van der Waals surface area contributed by atoms with Crippen LogP contribution in [-0.2, 0) is 25.0 Å². The zero-order valence-corrected chi connectivity index (χ0v) is 13.1. The summed E-state index contributed by atoms with van der Waals surface area (Å²) in [6, 6.07) is 0. The molecule has 0 aliphatic rings. The Hall–Kier alpha value is -1.93. The van der Waals surface area contributed by atoms with E-state index in [-0.39, 0.29) is 18.9 Å². The van der Waals surface area contributed by atoms with Gasteiger partial charge in [-0.25, -0.2) is 9.78 Å². The Balaban J connectivity index is 2.54. The van der Waals surface area contributed by atoms with E-state index in [0.29, 0.717) is 9.13 Å². The predicted molar refractivity (Wildman–Crippen MR) is 91.0 cm³/mol. The SMILES string of the molecule is [2H]C([2H])([2H])n1c(=O)n(CCCC([2H])([2H])C(O)(C([2H])([2H])[2H])C([2H])([2H])[2H])c(=O)c2c1ncn2COCC. The summed E-state index contributed by atoms with van der Waals surface area (Å²) in [5.41, 5.74) is -6.64. The summed E-state index contributed by atoms with van der Waals surface area (Å²) in [5.74, 6) is 0. The molecular weight excluding hydrogens is 312 g/mol. The van der Waals surface area contributed by atoms with E-state index in [4.69, 9.17) is 19.8 Å². The molecule has 2 aromatic rings. The van der Waals surface area contributed by atoms with Crippen LogP contribution in [0.15, 0.2) is 15.9 Å². The fraction of sp³-hybridized carbons (Fsp3) is 0.688. The number of fused-ring (bicyclic) bond motifs is 1. The third-order valence-corrected chi connectivity index (χ3v) is 3.27. The van der Waals surface area contributed by atoms with Gasteiger partial charge in [0.1, 0.15) is 6.73 Å². The molecule has 0 aliphatic heterocycles. The van der Waals surface area contributed by atoms with Crippen molar-refractivity contribution in [1.82, 2.24) is 18.7 Å². The molecule has 0 bridgehead atoms. The Labute approximate surface area is 155 Å². The molecule has 0 fully saturated rings. The number of rotatable bonds is 8. The minimum absolute atomic E-state index is 0.172. The van der Waals surface area contributed by atoms with E-state index in [1.54, 1.807) is 6.92 Å². The lowest BCUT2D eigenvalue weighted by molar-refractivity contribution is 0.0678. The highest BCUT2D eigenvalue weighted by molar-refractivity contribution is 5.69. The third-order valence-electron chi connectivity index (χ3n) is 3.27. The first-order chi connectivity index (χ1) is 15.7. The van der Waals surface area contributed by atoms with E-state index in [1.165, 1.54) is 4.57 Å². The molecule has 0 aromatic carbocycles. The van der Waals surface area contributed by atoms with Crippen LogP contribution in [0.5, 0.6) is 0 Å². The van der Waals surface area contributed by atoms with E-state index < -0.39 is 68.9 Å². The third kappa shape index (κ3) is 3.93. The van der Waals surface area contributed by atoms with E-state index in [2.05, 4.69) is 4.98 Å². The van der Waals surface area contributed by atoms with Gasteiger partial charge in [0.2, 0.25) is 0 Å². The highest BCUT2D eigenvalue weighted by atomic mass is 16.5. The lowest BCUT2D eigenvalue weighted by Crippen LogP contribution is -2.39. The molecule has 8 nitrogen and oxygen atoms in total. The number of aryl methyl sites for hydroxylation is 1. The topological polar surface area (TPSA) is 91.3 Å². The molecule has 0 saturated heterocycles. The minimum atomic E-state index is -3.74. The van der Waals surface area contributed by atoms with Crippen LogP contribution in [0.4, 0.5) is 0 Å². The molecule has 0 unspecified atom stereocenters. The smallest absolute Gasteiger partial charge is 0.332 e. The number of ether oxygens (including phenoxy) is 1. The Kier molecular flexibility index (Phi) is 2.57. The molecule has 8 heteroatoms. The lowest BCUT2D eigenvalue weighted by atomic mass is 10.0. The Morgan fingerprint density at radius 3 is 2.88 bits per heavy atom. The minimum Gasteiger partial charge on any atom is -0.390 e. The molecule has 0 atom stereocenters. The number of aromatic nitrogens is 4. The highest BCUT2D eigenvalue weighted by Gasteiger charge is 2.16. The van der Waals surface area contributed by atoms with Crippen LogP contribution in [0.3, 0.4) is 0 Å². The summed E-state index contributed by atoms with van der Waals surface area (Å²) in [6.45, 7) is -9.11. The first-order valence-corrected chi connectivity index (χ1v) is 7.23. The molecule has 24 heavy (non-hydrogen) atoms. The zero-order valence-electron chi connectivity index (χ0n) is 24.1. The molecule has 2 aromatic heterocycles. The fourth-order valence-electron chi connectivity index (χ4n) is 2.17. The Morgan fingerprint density at radius 2 is 2.21 bits per heavy atom. The monoisotopic (exact) mass is 349 g/mol. The summed E-state index contributed by atoms with van der Waals surface area (Å²) in [7, 11) is 0. The Morgan fingerprint density at radius 1 is 1.42 bits per heavy atom. The largest absolute Gasteiger partial charge is 0.390 e. The van der Waals surface area contributed by atoms with Gasteiger partial charge in [-0.1, -0.05) is 0 Å². The fourth-order valence-corrected chi connectivity index (χ4v) is 2.17. The van der Waals surface area contributed by atoms with Gasteiger partial charge in [0.15, 0.2) is 11.2 Å².